The molecule has 2 rings (SSSR count). The zero-order valence-electron chi connectivity index (χ0n) is 12.8. The second-order valence-corrected chi connectivity index (χ2v) is 4.87. The molecule has 1 amide bonds. The first-order valence-corrected chi connectivity index (χ1v) is 6.95. The number of benzene rings is 2. The molecule has 0 unspecified atom stereocenters. The number of carbonyl (C=O) groups is 1. The van der Waals surface area contributed by atoms with E-state index >= 15 is 0 Å². The van der Waals surface area contributed by atoms with E-state index in [1.165, 1.54) is 39.5 Å². The number of halogens is 2. The third-order valence-corrected chi connectivity index (χ3v) is 3.42. The third kappa shape index (κ3) is 3.48. The highest BCUT2D eigenvalue weighted by Crippen LogP contribution is 2.40. The van der Waals surface area contributed by atoms with Crippen molar-refractivity contribution in [1.29, 1.82) is 0 Å². The van der Waals surface area contributed by atoms with Gasteiger partial charge in [0.05, 0.1) is 31.9 Å². The first-order chi connectivity index (χ1) is 11.0. The molecule has 0 fully saturated rings. The van der Waals surface area contributed by atoms with Crippen molar-refractivity contribution < 1.29 is 23.4 Å². The molecule has 0 bridgehead atoms. The van der Waals surface area contributed by atoms with Crippen molar-refractivity contribution in [3.05, 3.63) is 46.7 Å². The summed E-state index contributed by atoms with van der Waals surface area (Å²) in [5.41, 5.74) is 0.601. The van der Waals surface area contributed by atoms with Gasteiger partial charge in [0.25, 0.3) is 5.91 Å². The molecule has 0 radical (unpaired) electrons. The van der Waals surface area contributed by atoms with Crippen LogP contribution < -0.4 is 19.5 Å². The molecule has 2 aromatic carbocycles. The van der Waals surface area contributed by atoms with Gasteiger partial charge in [-0.2, -0.15) is 0 Å². The number of anilines is 1. The van der Waals surface area contributed by atoms with Crippen LogP contribution in [0.15, 0.2) is 30.3 Å². The van der Waals surface area contributed by atoms with Crippen LogP contribution in [0.4, 0.5) is 10.1 Å². The van der Waals surface area contributed by atoms with E-state index in [1.807, 2.05) is 0 Å². The molecular weight excluding hydrogens is 325 g/mol. The minimum absolute atomic E-state index is 0.0814. The summed E-state index contributed by atoms with van der Waals surface area (Å²) in [7, 11) is 4.35. The summed E-state index contributed by atoms with van der Waals surface area (Å²) in [5.74, 6) is -0.0399. The number of nitrogens with one attached hydrogen (secondary N) is 1. The Morgan fingerprint density at radius 3 is 2.30 bits per heavy atom. The molecule has 122 valence electrons. The minimum atomic E-state index is -0.562. The van der Waals surface area contributed by atoms with Gasteiger partial charge in [-0.15, -0.1) is 0 Å². The highest BCUT2D eigenvalue weighted by atomic mass is 35.5. The Morgan fingerprint density at radius 2 is 1.74 bits per heavy atom. The molecular formula is C16H15ClFNO4. The van der Waals surface area contributed by atoms with Gasteiger partial charge >= 0.3 is 0 Å². The summed E-state index contributed by atoms with van der Waals surface area (Å²) in [6.45, 7) is 0. The van der Waals surface area contributed by atoms with E-state index in [1.54, 1.807) is 12.1 Å². The van der Waals surface area contributed by atoms with Crippen LogP contribution in [0.25, 0.3) is 0 Å². The molecule has 2 aromatic rings. The highest BCUT2D eigenvalue weighted by Gasteiger charge is 2.20. The summed E-state index contributed by atoms with van der Waals surface area (Å²) in [6, 6.07) is 7.03. The Morgan fingerprint density at radius 1 is 1.04 bits per heavy atom. The zero-order valence-corrected chi connectivity index (χ0v) is 13.5. The van der Waals surface area contributed by atoms with Crippen LogP contribution in [-0.2, 0) is 0 Å². The first-order valence-electron chi connectivity index (χ1n) is 6.57. The van der Waals surface area contributed by atoms with Crippen LogP contribution in [0.3, 0.4) is 0 Å². The van der Waals surface area contributed by atoms with E-state index in [9.17, 15) is 9.18 Å². The standard InChI is InChI=1S/C16H15ClFNO4/c1-21-13-7-5-10(14(22-2)15(13)23-3)16(20)19-9-4-6-12(18)11(17)8-9/h4-8H,1-3H3,(H,19,20). The van der Waals surface area contributed by atoms with E-state index in [-0.39, 0.29) is 16.3 Å². The minimum Gasteiger partial charge on any atom is -0.493 e. The van der Waals surface area contributed by atoms with Gasteiger partial charge in [-0.05, 0) is 30.3 Å². The van der Waals surface area contributed by atoms with Crippen LogP contribution in [0.5, 0.6) is 17.2 Å². The number of carbonyl (C=O) groups excluding carboxylic acids is 1. The van der Waals surface area contributed by atoms with Crippen molar-refractivity contribution in [1.82, 2.24) is 0 Å². The molecule has 0 aliphatic carbocycles. The Bertz CT molecular complexity index is 736. The van der Waals surface area contributed by atoms with Crippen molar-refractivity contribution in [3.63, 3.8) is 0 Å². The number of hydrogen-bond acceptors (Lipinski definition) is 4. The van der Waals surface area contributed by atoms with Gasteiger partial charge in [0.2, 0.25) is 5.75 Å². The average molecular weight is 340 g/mol. The number of methoxy groups -OCH3 is 3. The lowest BCUT2D eigenvalue weighted by molar-refractivity contribution is 0.102. The number of hydrogen-bond donors (Lipinski definition) is 1. The second kappa shape index (κ2) is 7.19. The summed E-state index contributed by atoms with van der Waals surface area (Å²) in [4.78, 5) is 12.4. The quantitative estimate of drug-likeness (QED) is 0.901. The average Bonchev–Trinajstić information content (AvgIpc) is 2.56. The van der Waals surface area contributed by atoms with E-state index in [4.69, 9.17) is 25.8 Å². The molecule has 0 aliphatic rings. The smallest absolute Gasteiger partial charge is 0.259 e. The molecule has 0 aromatic heterocycles. The molecule has 0 saturated carbocycles. The van der Waals surface area contributed by atoms with Crippen LogP contribution in [-0.4, -0.2) is 27.2 Å². The SMILES string of the molecule is COc1ccc(C(=O)Nc2ccc(F)c(Cl)c2)c(OC)c1OC. The van der Waals surface area contributed by atoms with Gasteiger partial charge in [0, 0.05) is 5.69 Å². The Hall–Kier alpha value is -2.47. The van der Waals surface area contributed by atoms with E-state index in [2.05, 4.69) is 5.32 Å². The zero-order chi connectivity index (χ0) is 17.0. The van der Waals surface area contributed by atoms with Crippen molar-refractivity contribution >= 4 is 23.2 Å². The number of rotatable bonds is 5. The second-order valence-electron chi connectivity index (χ2n) is 4.46. The van der Waals surface area contributed by atoms with Gasteiger partial charge in [0.1, 0.15) is 5.82 Å². The van der Waals surface area contributed by atoms with Gasteiger partial charge in [-0.1, -0.05) is 11.6 Å². The third-order valence-electron chi connectivity index (χ3n) is 3.13. The normalized spacial score (nSPS) is 10.1. The lowest BCUT2D eigenvalue weighted by Crippen LogP contribution is -2.14. The van der Waals surface area contributed by atoms with E-state index in [0.29, 0.717) is 17.2 Å². The van der Waals surface area contributed by atoms with Gasteiger partial charge < -0.3 is 19.5 Å². The molecule has 0 heterocycles. The maximum absolute atomic E-state index is 13.2. The van der Waals surface area contributed by atoms with Crippen molar-refractivity contribution in [2.24, 2.45) is 0 Å². The lowest BCUT2D eigenvalue weighted by Gasteiger charge is -2.15. The van der Waals surface area contributed by atoms with Crippen molar-refractivity contribution in [2.45, 2.75) is 0 Å². The van der Waals surface area contributed by atoms with E-state index in [0.717, 1.165) is 0 Å². The first kappa shape index (κ1) is 16.9. The van der Waals surface area contributed by atoms with E-state index < -0.39 is 11.7 Å². The topological polar surface area (TPSA) is 56.8 Å². The Labute approximate surface area is 137 Å². The molecule has 0 saturated heterocycles. The molecule has 0 aliphatic heterocycles. The highest BCUT2D eigenvalue weighted by molar-refractivity contribution is 6.31. The predicted molar refractivity (Wildman–Crippen MR) is 85.5 cm³/mol. The number of ether oxygens (including phenoxy) is 3. The van der Waals surface area contributed by atoms with Crippen molar-refractivity contribution in [2.75, 3.05) is 26.6 Å². The summed E-state index contributed by atoms with van der Waals surface area (Å²) >= 11 is 5.70. The molecule has 7 heteroatoms. The van der Waals surface area contributed by atoms with Crippen LogP contribution in [0, 0.1) is 5.82 Å². The molecule has 0 spiro atoms. The lowest BCUT2D eigenvalue weighted by atomic mass is 10.1. The summed E-state index contributed by atoms with van der Waals surface area (Å²) in [5, 5.41) is 2.54. The molecule has 1 N–H and O–H groups in total. The van der Waals surface area contributed by atoms with Crippen LogP contribution in [0.1, 0.15) is 10.4 Å². The Balaban J connectivity index is 2.37. The van der Waals surface area contributed by atoms with Crippen molar-refractivity contribution in [3.8, 4) is 17.2 Å². The number of amides is 1. The van der Waals surface area contributed by atoms with Gasteiger partial charge in [-0.25, -0.2) is 4.39 Å². The molecule has 0 atom stereocenters. The maximum Gasteiger partial charge on any atom is 0.259 e. The monoisotopic (exact) mass is 339 g/mol. The van der Waals surface area contributed by atoms with Crippen LogP contribution >= 0.6 is 11.6 Å². The van der Waals surface area contributed by atoms with Crippen LogP contribution in [0.2, 0.25) is 5.02 Å². The summed E-state index contributed by atoms with van der Waals surface area (Å²) < 4.78 is 28.8. The fourth-order valence-corrected chi connectivity index (χ4v) is 2.23. The molecule has 23 heavy (non-hydrogen) atoms. The fourth-order valence-electron chi connectivity index (χ4n) is 2.05. The predicted octanol–water partition coefficient (Wildman–Crippen LogP) is 3.76. The molecule has 5 nitrogen and oxygen atoms in total. The Kier molecular flexibility index (Phi) is 5.28. The summed E-state index contributed by atoms with van der Waals surface area (Å²) in [6.07, 6.45) is 0. The maximum atomic E-state index is 13.2. The van der Waals surface area contributed by atoms with Gasteiger partial charge in [0.15, 0.2) is 11.5 Å². The van der Waals surface area contributed by atoms with Gasteiger partial charge in [-0.3, -0.25) is 4.79 Å². The fraction of sp³-hybridized carbons (Fsp3) is 0.188. The largest absolute Gasteiger partial charge is 0.493 e.